The minimum Gasteiger partial charge on any atom is -0.397 e. The molecular formula is C15H12ClN3. The number of aromatic nitrogens is 1. The van der Waals surface area contributed by atoms with E-state index in [1.807, 2.05) is 19.1 Å². The number of benzene rings is 1. The van der Waals surface area contributed by atoms with Crippen LogP contribution < -0.4 is 5.73 Å². The molecule has 0 aliphatic heterocycles. The van der Waals surface area contributed by atoms with Crippen LogP contribution in [-0.2, 0) is 0 Å². The van der Waals surface area contributed by atoms with Crippen molar-refractivity contribution in [2.45, 2.75) is 6.92 Å². The van der Waals surface area contributed by atoms with Crippen LogP contribution in [0.25, 0.3) is 11.3 Å². The predicted molar refractivity (Wildman–Crippen MR) is 77.0 cm³/mol. The molecule has 0 atom stereocenters. The fourth-order valence-corrected chi connectivity index (χ4v) is 2.01. The summed E-state index contributed by atoms with van der Waals surface area (Å²) in [6.07, 6.45) is 3.26. The molecule has 0 saturated heterocycles. The molecular weight excluding hydrogens is 258 g/mol. The lowest BCUT2D eigenvalue weighted by Crippen LogP contribution is -2.03. The summed E-state index contributed by atoms with van der Waals surface area (Å²) in [5.41, 5.74) is 9.37. The van der Waals surface area contributed by atoms with Crippen molar-refractivity contribution in [1.82, 2.24) is 4.98 Å². The number of allylic oxidation sites excluding steroid dienone is 1. The minimum atomic E-state index is 0.424. The molecule has 4 heteroatoms. The normalized spacial score (nSPS) is 11.6. The van der Waals surface area contributed by atoms with Gasteiger partial charge in [-0.3, -0.25) is 4.98 Å². The Morgan fingerprint density at radius 2 is 1.95 bits per heavy atom. The number of nitrogens with two attached hydrogens (primary N) is 1. The maximum atomic E-state index is 9.33. The maximum absolute atomic E-state index is 9.33. The summed E-state index contributed by atoms with van der Waals surface area (Å²) in [5.74, 6) is 0. The lowest BCUT2D eigenvalue weighted by atomic mass is 9.99. The van der Waals surface area contributed by atoms with E-state index in [1.165, 1.54) is 0 Å². The first-order chi connectivity index (χ1) is 9.15. The second kappa shape index (κ2) is 5.55. The molecule has 19 heavy (non-hydrogen) atoms. The van der Waals surface area contributed by atoms with Crippen LogP contribution in [0, 0.1) is 18.3 Å². The van der Waals surface area contributed by atoms with E-state index in [0.29, 0.717) is 16.3 Å². The molecule has 0 saturated carbocycles. The van der Waals surface area contributed by atoms with Crippen LogP contribution in [0.1, 0.15) is 16.7 Å². The molecule has 0 radical (unpaired) electrons. The first-order valence-corrected chi connectivity index (χ1v) is 6.08. The standard InChI is InChI=1S/C15H12ClN3/c1-10-12(3-2-4-14(10)16)15(18)13(9-17)11-5-7-19-8-6-11/h2-8H,18H2,1H3/b15-13+. The topological polar surface area (TPSA) is 62.7 Å². The predicted octanol–water partition coefficient (Wildman–Crippen LogP) is 3.39. The van der Waals surface area contributed by atoms with Crippen molar-refractivity contribution in [3.63, 3.8) is 0 Å². The van der Waals surface area contributed by atoms with Gasteiger partial charge in [0.15, 0.2) is 0 Å². The van der Waals surface area contributed by atoms with Crippen LogP contribution in [0.2, 0.25) is 5.02 Å². The lowest BCUT2D eigenvalue weighted by Gasteiger charge is -2.10. The zero-order valence-electron chi connectivity index (χ0n) is 10.4. The Bertz CT molecular complexity index is 670. The smallest absolute Gasteiger partial charge is 0.102 e. The first-order valence-electron chi connectivity index (χ1n) is 5.71. The number of hydrogen-bond donors (Lipinski definition) is 1. The molecule has 0 amide bonds. The highest BCUT2D eigenvalue weighted by Crippen LogP contribution is 2.27. The van der Waals surface area contributed by atoms with Crippen molar-refractivity contribution < 1.29 is 0 Å². The zero-order valence-corrected chi connectivity index (χ0v) is 11.1. The zero-order chi connectivity index (χ0) is 13.8. The summed E-state index contributed by atoms with van der Waals surface area (Å²) < 4.78 is 0. The third kappa shape index (κ3) is 2.59. The van der Waals surface area contributed by atoms with Crippen LogP contribution >= 0.6 is 11.6 Å². The molecule has 94 valence electrons. The Kier molecular flexibility index (Phi) is 3.84. The van der Waals surface area contributed by atoms with Gasteiger partial charge in [0.2, 0.25) is 0 Å². The van der Waals surface area contributed by atoms with Gasteiger partial charge in [-0.2, -0.15) is 5.26 Å². The molecule has 0 unspecified atom stereocenters. The number of nitriles is 1. The Labute approximate surface area is 117 Å². The van der Waals surface area contributed by atoms with E-state index in [-0.39, 0.29) is 0 Å². The second-order valence-corrected chi connectivity index (χ2v) is 4.46. The maximum Gasteiger partial charge on any atom is 0.102 e. The summed E-state index contributed by atoms with van der Waals surface area (Å²) in [5, 5.41) is 9.96. The highest BCUT2D eigenvalue weighted by atomic mass is 35.5. The molecule has 0 bridgehead atoms. The summed E-state index contributed by atoms with van der Waals surface area (Å²) in [6.45, 7) is 1.88. The van der Waals surface area contributed by atoms with Gasteiger partial charge in [0.05, 0.1) is 11.3 Å². The second-order valence-electron chi connectivity index (χ2n) is 4.05. The number of hydrogen-bond acceptors (Lipinski definition) is 3. The van der Waals surface area contributed by atoms with E-state index in [0.717, 1.165) is 16.7 Å². The third-order valence-corrected chi connectivity index (χ3v) is 3.32. The van der Waals surface area contributed by atoms with Gasteiger partial charge >= 0.3 is 0 Å². The molecule has 0 aliphatic carbocycles. The summed E-state index contributed by atoms with van der Waals surface area (Å²) in [6, 6.07) is 11.1. The Morgan fingerprint density at radius 3 is 2.58 bits per heavy atom. The number of halogens is 1. The number of rotatable bonds is 2. The van der Waals surface area contributed by atoms with Crippen LogP contribution in [0.4, 0.5) is 0 Å². The molecule has 1 aromatic heterocycles. The van der Waals surface area contributed by atoms with Gasteiger partial charge in [0, 0.05) is 23.0 Å². The summed E-state index contributed by atoms with van der Waals surface area (Å²) >= 11 is 6.08. The molecule has 1 aromatic carbocycles. The van der Waals surface area contributed by atoms with Gasteiger partial charge in [-0.25, -0.2) is 0 Å². The Morgan fingerprint density at radius 1 is 1.26 bits per heavy atom. The van der Waals surface area contributed by atoms with Crippen molar-refractivity contribution in [2.24, 2.45) is 5.73 Å². The Hall–Kier alpha value is -2.31. The molecule has 0 fully saturated rings. The van der Waals surface area contributed by atoms with Crippen LogP contribution in [-0.4, -0.2) is 4.98 Å². The average Bonchev–Trinajstić information content (AvgIpc) is 2.44. The first kappa shape index (κ1) is 13.1. The summed E-state index contributed by atoms with van der Waals surface area (Å²) in [4.78, 5) is 3.93. The van der Waals surface area contributed by atoms with E-state index in [1.54, 1.807) is 30.6 Å². The average molecular weight is 270 g/mol. The Balaban J connectivity index is 2.63. The molecule has 2 N–H and O–H groups in total. The largest absolute Gasteiger partial charge is 0.397 e. The van der Waals surface area contributed by atoms with Gasteiger partial charge < -0.3 is 5.73 Å². The van der Waals surface area contributed by atoms with Gasteiger partial charge in [-0.15, -0.1) is 0 Å². The molecule has 2 aromatic rings. The van der Waals surface area contributed by atoms with E-state index in [4.69, 9.17) is 17.3 Å². The van der Waals surface area contributed by atoms with Crippen LogP contribution in [0.15, 0.2) is 42.7 Å². The van der Waals surface area contributed by atoms with Gasteiger partial charge in [-0.05, 0) is 36.2 Å². The van der Waals surface area contributed by atoms with Gasteiger partial charge in [-0.1, -0.05) is 23.7 Å². The SMILES string of the molecule is Cc1c(Cl)cccc1/C(N)=C(/C#N)c1ccncc1. The molecule has 3 nitrogen and oxygen atoms in total. The quantitative estimate of drug-likeness (QED) is 0.850. The van der Waals surface area contributed by atoms with Crippen LogP contribution in [0.5, 0.6) is 0 Å². The van der Waals surface area contributed by atoms with E-state index >= 15 is 0 Å². The molecule has 1 heterocycles. The fraction of sp³-hybridized carbons (Fsp3) is 0.0667. The van der Waals surface area contributed by atoms with Crippen molar-refractivity contribution >= 4 is 22.9 Å². The number of nitrogens with zero attached hydrogens (tertiary/aromatic N) is 2. The summed E-state index contributed by atoms with van der Waals surface area (Å²) in [7, 11) is 0. The van der Waals surface area contributed by atoms with Crippen molar-refractivity contribution in [1.29, 1.82) is 5.26 Å². The van der Waals surface area contributed by atoms with E-state index in [2.05, 4.69) is 11.1 Å². The highest BCUT2D eigenvalue weighted by Gasteiger charge is 2.11. The van der Waals surface area contributed by atoms with Crippen molar-refractivity contribution in [3.8, 4) is 6.07 Å². The van der Waals surface area contributed by atoms with E-state index < -0.39 is 0 Å². The van der Waals surface area contributed by atoms with Crippen molar-refractivity contribution in [3.05, 3.63) is 64.4 Å². The molecule has 0 aliphatic rings. The molecule has 0 spiro atoms. The minimum absolute atomic E-state index is 0.424. The van der Waals surface area contributed by atoms with Crippen LogP contribution in [0.3, 0.4) is 0 Å². The number of pyridine rings is 1. The monoisotopic (exact) mass is 269 g/mol. The molecule has 2 rings (SSSR count). The van der Waals surface area contributed by atoms with Crippen molar-refractivity contribution in [2.75, 3.05) is 0 Å². The lowest BCUT2D eigenvalue weighted by molar-refractivity contribution is 1.31. The van der Waals surface area contributed by atoms with Gasteiger partial charge in [0.1, 0.15) is 6.07 Å². The highest BCUT2D eigenvalue weighted by molar-refractivity contribution is 6.31. The fourth-order valence-electron chi connectivity index (χ4n) is 1.83. The van der Waals surface area contributed by atoms with Gasteiger partial charge in [0.25, 0.3) is 0 Å². The van der Waals surface area contributed by atoms with E-state index in [9.17, 15) is 5.26 Å². The third-order valence-electron chi connectivity index (χ3n) is 2.91.